The lowest BCUT2D eigenvalue weighted by molar-refractivity contribution is -0.114. The minimum absolute atomic E-state index is 0.0445. The van der Waals surface area contributed by atoms with Gasteiger partial charge in [0, 0.05) is 30.9 Å². The summed E-state index contributed by atoms with van der Waals surface area (Å²) in [4.78, 5) is 11.1. The number of carbonyl (C=O) groups is 1. The maximum absolute atomic E-state index is 11.1. The summed E-state index contributed by atoms with van der Waals surface area (Å²) >= 11 is 0. The van der Waals surface area contributed by atoms with Crippen molar-refractivity contribution in [3.63, 3.8) is 0 Å². The molecule has 0 aliphatic carbocycles. The Kier molecular flexibility index (Phi) is 5.01. The van der Waals surface area contributed by atoms with E-state index in [9.17, 15) is 4.79 Å². The van der Waals surface area contributed by atoms with Crippen LogP contribution in [0.2, 0.25) is 0 Å². The molecule has 1 heterocycles. The number of hydrogen-bond donors (Lipinski definition) is 2. The standard InChI is InChI=1S/C16H24N2O2/c1-4-15-9-14(7-8-20-15)18-16-10-13(17-12(3)19)6-5-11(16)2/h5-6,10,14-15,18H,4,7-9H2,1-3H3,(H,17,19). The van der Waals surface area contributed by atoms with Crippen molar-refractivity contribution < 1.29 is 9.53 Å². The fourth-order valence-electron chi connectivity index (χ4n) is 2.57. The van der Waals surface area contributed by atoms with Gasteiger partial charge >= 0.3 is 0 Å². The Morgan fingerprint density at radius 1 is 1.45 bits per heavy atom. The van der Waals surface area contributed by atoms with Crippen LogP contribution >= 0.6 is 0 Å². The number of ether oxygens (including phenoxy) is 1. The molecule has 0 spiro atoms. The molecule has 110 valence electrons. The molecule has 0 saturated carbocycles. The average molecular weight is 276 g/mol. The highest BCUT2D eigenvalue weighted by molar-refractivity contribution is 5.89. The zero-order valence-electron chi connectivity index (χ0n) is 12.5. The first-order chi connectivity index (χ1) is 9.58. The van der Waals surface area contributed by atoms with Crippen LogP contribution in [0.4, 0.5) is 11.4 Å². The molecule has 0 radical (unpaired) electrons. The van der Waals surface area contributed by atoms with Gasteiger partial charge in [0.15, 0.2) is 0 Å². The summed E-state index contributed by atoms with van der Waals surface area (Å²) in [6.45, 7) is 6.59. The van der Waals surface area contributed by atoms with Gasteiger partial charge in [0.2, 0.25) is 5.91 Å². The number of nitrogens with one attached hydrogen (secondary N) is 2. The maximum atomic E-state index is 11.1. The number of aryl methyl sites for hydroxylation is 1. The van der Waals surface area contributed by atoms with Gasteiger partial charge in [-0.1, -0.05) is 13.0 Å². The second-order valence-corrected chi connectivity index (χ2v) is 5.48. The van der Waals surface area contributed by atoms with E-state index < -0.39 is 0 Å². The van der Waals surface area contributed by atoms with Crippen molar-refractivity contribution in [1.29, 1.82) is 0 Å². The molecule has 2 N–H and O–H groups in total. The van der Waals surface area contributed by atoms with Crippen LogP contribution in [0.5, 0.6) is 0 Å². The lowest BCUT2D eigenvalue weighted by Gasteiger charge is -2.30. The number of rotatable bonds is 4. The Bertz CT molecular complexity index is 474. The van der Waals surface area contributed by atoms with E-state index in [4.69, 9.17) is 4.74 Å². The van der Waals surface area contributed by atoms with Crippen LogP contribution in [-0.4, -0.2) is 24.7 Å². The monoisotopic (exact) mass is 276 g/mol. The molecule has 2 atom stereocenters. The molecule has 2 rings (SSSR count). The van der Waals surface area contributed by atoms with Crippen LogP contribution < -0.4 is 10.6 Å². The van der Waals surface area contributed by atoms with E-state index in [1.54, 1.807) is 0 Å². The van der Waals surface area contributed by atoms with Gasteiger partial charge < -0.3 is 15.4 Å². The molecule has 1 aromatic carbocycles. The number of hydrogen-bond acceptors (Lipinski definition) is 3. The van der Waals surface area contributed by atoms with Crippen molar-refractivity contribution in [2.75, 3.05) is 17.2 Å². The minimum Gasteiger partial charge on any atom is -0.382 e. The predicted molar refractivity (Wildman–Crippen MR) is 82.2 cm³/mol. The summed E-state index contributed by atoms with van der Waals surface area (Å²) in [5.41, 5.74) is 3.13. The van der Waals surface area contributed by atoms with E-state index in [0.717, 1.165) is 37.2 Å². The lowest BCUT2D eigenvalue weighted by atomic mass is 10.0. The maximum Gasteiger partial charge on any atom is 0.221 e. The highest BCUT2D eigenvalue weighted by atomic mass is 16.5. The molecule has 1 saturated heterocycles. The second-order valence-electron chi connectivity index (χ2n) is 5.48. The normalized spacial score (nSPS) is 22.4. The molecule has 0 bridgehead atoms. The van der Waals surface area contributed by atoms with Gasteiger partial charge in [-0.05, 0) is 43.9 Å². The van der Waals surface area contributed by atoms with Crippen molar-refractivity contribution in [2.24, 2.45) is 0 Å². The smallest absolute Gasteiger partial charge is 0.221 e. The number of benzene rings is 1. The summed E-state index contributed by atoms with van der Waals surface area (Å²) in [6, 6.07) is 6.41. The Balaban J connectivity index is 2.05. The van der Waals surface area contributed by atoms with E-state index >= 15 is 0 Å². The number of carbonyl (C=O) groups excluding carboxylic acids is 1. The van der Waals surface area contributed by atoms with Gasteiger partial charge in [-0.15, -0.1) is 0 Å². The molecular weight excluding hydrogens is 252 g/mol. The van der Waals surface area contributed by atoms with Gasteiger partial charge in [0.1, 0.15) is 0 Å². The molecule has 1 amide bonds. The van der Waals surface area contributed by atoms with E-state index in [0.29, 0.717) is 12.1 Å². The average Bonchev–Trinajstić information content (AvgIpc) is 2.42. The topological polar surface area (TPSA) is 50.4 Å². The first kappa shape index (κ1) is 14.9. The van der Waals surface area contributed by atoms with Crippen LogP contribution in [0.1, 0.15) is 38.7 Å². The molecule has 1 fully saturated rings. The van der Waals surface area contributed by atoms with E-state index in [1.165, 1.54) is 12.5 Å². The molecule has 0 aromatic heterocycles. The molecule has 1 aromatic rings. The first-order valence-corrected chi connectivity index (χ1v) is 7.35. The first-order valence-electron chi connectivity index (χ1n) is 7.35. The highest BCUT2D eigenvalue weighted by Crippen LogP contribution is 2.25. The molecule has 4 nitrogen and oxygen atoms in total. The Morgan fingerprint density at radius 3 is 2.95 bits per heavy atom. The van der Waals surface area contributed by atoms with Crippen molar-refractivity contribution in [3.05, 3.63) is 23.8 Å². The summed E-state index contributed by atoms with van der Waals surface area (Å²) < 4.78 is 5.70. The predicted octanol–water partition coefficient (Wildman–Crippen LogP) is 3.32. The zero-order chi connectivity index (χ0) is 14.5. The van der Waals surface area contributed by atoms with Crippen LogP contribution in [0.15, 0.2) is 18.2 Å². The SMILES string of the molecule is CCC1CC(Nc2cc(NC(C)=O)ccc2C)CCO1. The third-order valence-corrected chi connectivity index (χ3v) is 3.74. The van der Waals surface area contributed by atoms with Crippen LogP contribution in [0, 0.1) is 6.92 Å². The van der Waals surface area contributed by atoms with Crippen molar-refractivity contribution in [2.45, 2.75) is 52.2 Å². The largest absolute Gasteiger partial charge is 0.382 e. The molecule has 1 aliphatic rings. The van der Waals surface area contributed by atoms with Crippen molar-refractivity contribution >= 4 is 17.3 Å². The van der Waals surface area contributed by atoms with Crippen LogP contribution in [0.3, 0.4) is 0 Å². The zero-order valence-corrected chi connectivity index (χ0v) is 12.5. The van der Waals surface area contributed by atoms with E-state index in [1.807, 2.05) is 18.2 Å². The van der Waals surface area contributed by atoms with Crippen molar-refractivity contribution in [1.82, 2.24) is 0 Å². The molecular formula is C16H24N2O2. The molecule has 4 heteroatoms. The van der Waals surface area contributed by atoms with E-state index in [2.05, 4.69) is 24.5 Å². The van der Waals surface area contributed by atoms with Gasteiger partial charge in [0.05, 0.1) is 6.10 Å². The fourth-order valence-corrected chi connectivity index (χ4v) is 2.57. The van der Waals surface area contributed by atoms with Gasteiger partial charge in [-0.3, -0.25) is 4.79 Å². The summed E-state index contributed by atoms with van der Waals surface area (Å²) in [7, 11) is 0. The Hall–Kier alpha value is -1.55. The summed E-state index contributed by atoms with van der Waals surface area (Å²) in [6.07, 6.45) is 3.49. The second kappa shape index (κ2) is 6.75. The summed E-state index contributed by atoms with van der Waals surface area (Å²) in [5.74, 6) is -0.0445. The van der Waals surface area contributed by atoms with Crippen LogP contribution in [0.25, 0.3) is 0 Å². The molecule has 20 heavy (non-hydrogen) atoms. The van der Waals surface area contributed by atoms with Crippen molar-refractivity contribution in [3.8, 4) is 0 Å². The fraction of sp³-hybridized carbons (Fsp3) is 0.562. The minimum atomic E-state index is -0.0445. The molecule has 1 aliphatic heterocycles. The van der Waals surface area contributed by atoms with Crippen LogP contribution in [-0.2, 0) is 9.53 Å². The van der Waals surface area contributed by atoms with Gasteiger partial charge in [0.25, 0.3) is 0 Å². The molecule has 2 unspecified atom stereocenters. The quantitative estimate of drug-likeness (QED) is 0.887. The summed E-state index contributed by atoms with van der Waals surface area (Å²) in [5, 5.41) is 6.42. The third-order valence-electron chi connectivity index (χ3n) is 3.74. The lowest BCUT2D eigenvalue weighted by Crippen LogP contribution is -2.33. The number of anilines is 2. The Labute approximate surface area is 120 Å². The third kappa shape index (κ3) is 3.97. The van der Waals surface area contributed by atoms with Gasteiger partial charge in [-0.25, -0.2) is 0 Å². The van der Waals surface area contributed by atoms with Gasteiger partial charge in [-0.2, -0.15) is 0 Å². The Morgan fingerprint density at radius 2 is 2.25 bits per heavy atom. The highest BCUT2D eigenvalue weighted by Gasteiger charge is 2.21. The van der Waals surface area contributed by atoms with E-state index in [-0.39, 0.29) is 5.91 Å². The number of amides is 1.